The van der Waals surface area contributed by atoms with Crippen LogP contribution < -0.4 is 20.1 Å². The summed E-state index contributed by atoms with van der Waals surface area (Å²) in [5.41, 5.74) is 2.45. The Kier molecular flexibility index (Phi) is 5.89. The molecule has 0 bridgehead atoms. The maximum Gasteiger partial charge on any atom is 0.260 e. The second kappa shape index (κ2) is 8.71. The van der Waals surface area contributed by atoms with E-state index in [0.29, 0.717) is 23.7 Å². The van der Waals surface area contributed by atoms with E-state index in [1.807, 2.05) is 36.4 Å². The minimum atomic E-state index is -0.265. The van der Waals surface area contributed by atoms with Crippen molar-refractivity contribution in [2.24, 2.45) is 0 Å². The first-order valence-corrected chi connectivity index (χ1v) is 8.47. The van der Waals surface area contributed by atoms with Crippen LogP contribution in [0.15, 0.2) is 66.9 Å². The highest BCUT2D eigenvalue weighted by Crippen LogP contribution is 2.19. The summed E-state index contributed by atoms with van der Waals surface area (Å²) in [6.07, 6.45) is 1.68. The van der Waals surface area contributed by atoms with Crippen molar-refractivity contribution in [2.45, 2.75) is 6.54 Å². The van der Waals surface area contributed by atoms with E-state index in [4.69, 9.17) is 9.47 Å². The maximum absolute atomic E-state index is 12.4. The molecule has 0 unspecified atom stereocenters. The molecule has 138 valence electrons. The quantitative estimate of drug-likeness (QED) is 0.665. The van der Waals surface area contributed by atoms with Crippen LogP contribution in [0.2, 0.25) is 0 Å². The number of nitrogens with zero attached hydrogens (tertiary/aromatic N) is 1. The molecule has 1 heterocycles. The Bertz CT molecular complexity index is 893. The van der Waals surface area contributed by atoms with Gasteiger partial charge in [0.25, 0.3) is 5.91 Å². The number of para-hydroxylation sites is 1. The van der Waals surface area contributed by atoms with Gasteiger partial charge < -0.3 is 20.1 Å². The fraction of sp³-hybridized carbons (Fsp3) is 0.143. The van der Waals surface area contributed by atoms with Gasteiger partial charge in [-0.05, 0) is 42.0 Å². The van der Waals surface area contributed by atoms with Gasteiger partial charge in [-0.3, -0.25) is 4.79 Å². The molecule has 0 aliphatic rings. The van der Waals surface area contributed by atoms with Gasteiger partial charge in [0.15, 0.2) is 0 Å². The Morgan fingerprint density at radius 1 is 0.963 bits per heavy atom. The van der Waals surface area contributed by atoms with E-state index in [0.717, 1.165) is 17.0 Å². The van der Waals surface area contributed by atoms with Gasteiger partial charge in [0.1, 0.15) is 17.3 Å². The smallest absolute Gasteiger partial charge is 0.260 e. The van der Waals surface area contributed by atoms with Gasteiger partial charge >= 0.3 is 0 Å². The normalized spacial score (nSPS) is 10.1. The van der Waals surface area contributed by atoms with Crippen LogP contribution in [0.25, 0.3) is 0 Å². The molecule has 0 spiro atoms. The van der Waals surface area contributed by atoms with E-state index in [2.05, 4.69) is 15.6 Å². The number of amides is 1. The van der Waals surface area contributed by atoms with E-state index >= 15 is 0 Å². The minimum absolute atomic E-state index is 0.265. The highest BCUT2D eigenvalue weighted by atomic mass is 16.5. The Balaban J connectivity index is 1.58. The molecule has 6 heteroatoms. The van der Waals surface area contributed by atoms with Gasteiger partial charge in [-0.2, -0.15) is 0 Å². The van der Waals surface area contributed by atoms with Crippen LogP contribution in [0, 0.1) is 0 Å². The summed E-state index contributed by atoms with van der Waals surface area (Å²) in [5, 5.41) is 6.07. The Labute approximate surface area is 158 Å². The van der Waals surface area contributed by atoms with Crippen LogP contribution in [-0.4, -0.2) is 25.1 Å². The summed E-state index contributed by atoms with van der Waals surface area (Å²) in [6, 6.07) is 18.5. The molecule has 27 heavy (non-hydrogen) atoms. The number of rotatable bonds is 7. The third kappa shape index (κ3) is 4.76. The summed E-state index contributed by atoms with van der Waals surface area (Å²) in [7, 11) is 3.18. The number of benzene rings is 2. The van der Waals surface area contributed by atoms with E-state index in [-0.39, 0.29) is 5.91 Å². The van der Waals surface area contributed by atoms with Gasteiger partial charge in [0.2, 0.25) is 0 Å². The monoisotopic (exact) mass is 363 g/mol. The zero-order chi connectivity index (χ0) is 19.1. The predicted octanol–water partition coefficient (Wildman–Crippen LogP) is 3.96. The lowest BCUT2D eigenvalue weighted by molar-refractivity contribution is 0.102. The van der Waals surface area contributed by atoms with Crippen molar-refractivity contribution in [3.8, 4) is 11.5 Å². The highest BCUT2D eigenvalue weighted by molar-refractivity contribution is 6.05. The molecule has 0 atom stereocenters. The molecule has 2 N–H and O–H groups in total. The Morgan fingerprint density at radius 3 is 2.41 bits per heavy atom. The standard InChI is InChI=1S/C21H21N3O3/c1-26-17-10-7-15(8-11-17)13-22-16-9-12-20(23-14-16)24-21(25)18-5-3-4-6-19(18)27-2/h3-12,14,22H,13H2,1-2H3,(H,23,24,25). The van der Waals surface area contributed by atoms with E-state index in [1.54, 1.807) is 37.6 Å². The first-order valence-electron chi connectivity index (χ1n) is 8.47. The van der Waals surface area contributed by atoms with Crippen LogP contribution in [0.1, 0.15) is 15.9 Å². The summed E-state index contributed by atoms with van der Waals surface area (Å²) in [5.74, 6) is 1.56. The van der Waals surface area contributed by atoms with Gasteiger partial charge in [-0.25, -0.2) is 4.98 Å². The van der Waals surface area contributed by atoms with Gasteiger partial charge in [0, 0.05) is 6.54 Å². The average Bonchev–Trinajstić information content (AvgIpc) is 2.73. The highest BCUT2D eigenvalue weighted by Gasteiger charge is 2.12. The van der Waals surface area contributed by atoms with Gasteiger partial charge in [-0.1, -0.05) is 24.3 Å². The minimum Gasteiger partial charge on any atom is -0.497 e. The summed E-state index contributed by atoms with van der Waals surface area (Å²) in [4.78, 5) is 16.7. The lowest BCUT2D eigenvalue weighted by Crippen LogP contribution is -2.14. The van der Waals surface area contributed by atoms with Crippen LogP contribution in [0.3, 0.4) is 0 Å². The number of ether oxygens (including phenoxy) is 2. The number of hydrogen-bond acceptors (Lipinski definition) is 5. The lowest BCUT2D eigenvalue weighted by atomic mass is 10.2. The van der Waals surface area contributed by atoms with Crippen molar-refractivity contribution in [1.29, 1.82) is 0 Å². The zero-order valence-electron chi connectivity index (χ0n) is 15.2. The number of methoxy groups -OCH3 is 2. The molecule has 0 fully saturated rings. The molecular formula is C21H21N3O3. The second-order valence-electron chi connectivity index (χ2n) is 5.79. The molecule has 0 saturated carbocycles. The molecule has 0 aliphatic carbocycles. The SMILES string of the molecule is COc1ccc(CNc2ccc(NC(=O)c3ccccc3OC)nc2)cc1. The maximum atomic E-state index is 12.4. The van der Waals surface area contributed by atoms with Crippen molar-refractivity contribution in [3.63, 3.8) is 0 Å². The van der Waals surface area contributed by atoms with Crippen LogP contribution in [0.4, 0.5) is 11.5 Å². The van der Waals surface area contributed by atoms with Gasteiger partial charge in [0.05, 0.1) is 31.7 Å². The number of hydrogen-bond donors (Lipinski definition) is 2. The molecular weight excluding hydrogens is 342 g/mol. The third-order valence-corrected chi connectivity index (χ3v) is 4.01. The predicted molar refractivity (Wildman–Crippen MR) is 106 cm³/mol. The van der Waals surface area contributed by atoms with Crippen molar-refractivity contribution in [2.75, 3.05) is 24.9 Å². The number of pyridine rings is 1. The number of anilines is 2. The topological polar surface area (TPSA) is 72.5 Å². The molecule has 6 nitrogen and oxygen atoms in total. The number of aromatic nitrogens is 1. The fourth-order valence-electron chi connectivity index (χ4n) is 2.54. The Morgan fingerprint density at radius 2 is 1.74 bits per heavy atom. The van der Waals surface area contributed by atoms with E-state index in [1.165, 1.54) is 7.11 Å². The molecule has 3 aromatic rings. The molecule has 1 amide bonds. The van der Waals surface area contributed by atoms with Crippen molar-refractivity contribution < 1.29 is 14.3 Å². The molecule has 2 aromatic carbocycles. The molecule has 0 aliphatic heterocycles. The number of carbonyl (C=O) groups excluding carboxylic acids is 1. The average molecular weight is 363 g/mol. The van der Waals surface area contributed by atoms with Crippen molar-refractivity contribution in [1.82, 2.24) is 4.98 Å². The van der Waals surface area contributed by atoms with Crippen LogP contribution in [-0.2, 0) is 6.54 Å². The van der Waals surface area contributed by atoms with Crippen molar-refractivity contribution >= 4 is 17.4 Å². The lowest BCUT2D eigenvalue weighted by Gasteiger charge is -2.10. The first-order chi connectivity index (χ1) is 13.2. The summed E-state index contributed by atoms with van der Waals surface area (Å²) in [6.45, 7) is 0.665. The van der Waals surface area contributed by atoms with Crippen LogP contribution in [0.5, 0.6) is 11.5 Å². The molecule has 3 rings (SSSR count). The van der Waals surface area contributed by atoms with Crippen molar-refractivity contribution in [3.05, 3.63) is 78.0 Å². The summed E-state index contributed by atoms with van der Waals surface area (Å²) >= 11 is 0. The molecule has 0 radical (unpaired) electrons. The zero-order valence-corrected chi connectivity index (χ0v) is 15.2. The third-order valence-electron chi connectivity index (χ3n) is 4.01. The second-order valence-corrected chi connectivity index (χ2v) is 5.79. The summed E-state index contributed by atoms with van der Waals surface area (Å²) < 4.78 is 10.4. The van der Waals surface area contributed by atoms with Gasteiger partial charge in [-0.15, -0.1) is 0 Å². The molecule has 1 aromatic heterocycles. The number of nitrogens with one attached hydrogen (secondary N) is 2. The fourth-order valence-corrected chi connectivity index (χ4v) is 2.54. The molecule has 0 saturated heterocycles. The Hall–Kier alpha value is -3.54. The van der Waals surface area contributed by atoms with E-state index in [9.17, 15) is 4.79 Å². The largest absolute Gasteiger partial charge is 0.497 e. The first kappa shape index (κ1) is 18.3. The van der Waals surface area contributed by atoms with Crippen LogP contribution >= 0.6 is 0 Å². The van der Waals surface area contributed by atoms with E-state index < -0.39 is 0 Å². The number of carbonyl (C=O) groups is 1.